The van der Waals surface area contributed by atoms with Crippen LogP contribution in [-0.4, -0.2) is 24.0 Å². The molecule has 19 heavy (non-hydrogen) atoms. The van der Waals surface area contributed by atoms with Gasteiger partial charge in [0.1, 0.15) is 10.7 Å². The highest BCUT2D eigenvalue weighted by molar-refractivity contribution is 5.95. The van der Waals surface area contributed by atoms with Crippen LogP contribution in [0.4, 0.5) is 18.9 Å². The fraction of sp³-hybridized carbons (Fsp3) is 0.300. The van der Waals surface area contributed by atoms with Crippen LogP contribution in [0.1, 0.15) is 5.56 Å². The summed E-state index contributed by atoms with van der Waals surface area (Å²) in [5.41, 5.74) is -0.415. The number of benzene rings is 1. The third-order valence-electron chi connectivity index (χ3n) is 2.28. The van der Waals surface area contributed by atoms with Gasteiger partial charge in [-0.2, -0.15) is 0 Å². The quantitative estimate of drug-likeness (QED) is 0.366. The number of alkyl halides is 2. The highest BCUT2D eigenvalue weighted by atomic mass is 19.3. The lowest BCUT2D eigenvalue weighted by molar-refractivity contribution is -0.622. The molecule has 0 atom stereocenters. The standard InChI is InChI=1S/C10H9F3N2O4/c1-6-5-7(19-2)3-4-8(6)14(13)9(16)10(11,12)15(17)18/h3-5H,1-2H3. The van der Waals surface area contributed by atoms with Crippen molar-refractivity contribution in [2.24, 2.45) is 0 Å². The second-order valence-electron chi connectivity index (χ2n) is 3.54. The minimum atomic E-state index is -5.03. The molecule has 1 aromatic rings. The molecule has 0 heterocycles. The zero-order valence-corrected chi connectivity index (χ0v) is 9.89. The monoisotopic (exact) mass is 278 g/mol. The Hall–Kier alpha value is -2.32. The first-order chi connectivity index (χ1) is 8.71. The van der Waals surface area contributed by atoms with E-state index >= 15 is 0 Å². The van der Waals surface area contributed by atoms with Crippen molar-refractivity contribution < 1.29 is 27.7 Å². The molecule has 0 aliphatic rings. The minimum Gasteiger partial charge on any atom is -0.497 e. The Morgan fingerprint density at radius 2 is 2.05 bits per heavy atom. The minimum absolute atomic E-state index is 0.106. The molecule has 0 saturated carbocycles. The summed E-state index contributed by atoms with van der Waals surface area (Å²) in [5, 5.41) is 9.06. The number of hydrogen-bond acceptors (Lipinski definition) is 4. The van der Waals surface area contributed by atoms with Crippen LogP contribution >= 0.6 is 0 Å². The van der Waals surface area contributed by atoms with E-state index in [-0.39, 0.29) is 5.56 Å². The molecular weight excluding hydrogens is 269 g/mol. The van der Waals surface area contributed by atoms with E-state index in [9.17, 15) is 28.2 Å². The summed E-state index contributed by atoms with van der Waals surface area (Å²) in [6.45, 7) is 1.34. The van der Waals surface area contributed by atoms with E-state index in [4.69, 9.17) is 4.74 Å². The number of amides is 1. The molecule has 0 radical (unpaired) electrons. The second kappa shape index (κ2) is 5.12. The number of carbonyl (C=O) groups excluding carboxylic acids is 1. The average Bonchev–Trinajstić information content (AvgIpc) is 2.36. The smallest absolute Gasteiger partial charge is 0.497 e. The lowest BCUT2D eigenvalue weighted by atomic mass is 10.2. The van der Waals surface area contributed by atoms with Crippen LogP contribution in [0, 0.1) is 17.0 Å². The Morgan fingerprint density at radius 3 is 2.47 bits per heavy atom. The summed E-state index contributed by atoms with van der Waals surface area (Å²) in [6, 6.07) is -1.50. The average molecular weight is 278 g/mol. The Bertz CT molecular complexity index is 521. The van der Waals surface area contributed by atoms with E-state index < -0.39 is 27.7 Å². The highest BCUT2D eigenvalue weighted by Gasteiger charge is 2.57. The summed E-state index contributed by atoms with van der Waals surface area (Å²) in [4.78, 5) is 18.9. The van der Waals surface area contributed by atoms with Crippen molar-refractivity contribution >= 4 is 11.6 Å². The van der Waals surface area contributed by atoms with Gasteiger partial charge >= 0.3 is 12.0 Å². The van der Waals surface area contributed by atoms with E-state index in [0.717, 1.165) is 6.07 Å². The van der Waals surface area contributed by atoms with Gasteiger partial charge in [0.25, 0.3) is 0 Å². The molecule has 9 heteroatoms. The molecule has 0 unspecified atom stereocenters. The molecule has 0 aliphatic heterocycles. The van der Waals surface area contributed by atoms with E-state index in [2.05, 4.69) is 0 Å². The van der Waals surface area contributed by atoms with Crippen LogP contribution in [0.25, 0.3) is 0 Å². The topological polar surface area (TPSA) is 72.7 Å². The lowest BCUT2D eigenvalue weighted by Gasteiger charge is -2.16. The molecule has 104 valence electrons. The second-order valence-corrected chi connectivity index (χ2v) is 3.54. The zero-order chi connectivity index (χ0) is 14.8. The predicted molar refractivity (Wildman–Crippen MR) is 58.3 cm³/mol. The number of nitro groups is 1. The third kappa shape index (κ3) is 2.75. The number of hydrogen-bond donors (Lipinski definition) is 0. The number of carbonyl (C=O) groups is 1. The number of halogens is 3. The molecule has 0 bridgehead atoms. The van der Waals surface area contributed by atoms with Gasteiger partial charge in [-0.05, 0) is 30.7 Å². The SMILES string of the molecule is COc1ccc(N(F)C(=O)C(F)(F)[N+](=O)[O-])c(C)c1. The van der Waals surface area contributed by atoms with Gasteiger partial charge in [0.15, 0.2) is 0 Å². The van der Waals surface area contributed by atoms with Gasteiger partial charge < -0.3 is 4.74 Å². The Labute approximate surface area is 105 Å². The van der Waals surface area contributed by atoms with Gasteiger partial charge in [-0.1, -0.05) is 4.48 Å². The molecule has 0 spiro atoms. The van der Waals surface area contributed by atoms with Crippen LogP contribution in [0.2, 0.25) is 0 Å². The largest absolute Gasteiger partial charge is 0.596 e. The summed E-state index contributed by atoms with van der Waals surface area (Å²) < 4.78 is 43.9. The highest BCUT2D eigenvalue weighted by Crippen LogP contribution is 2.28. The summed E-state index contributed by atoms with van der Waals surface area (Å²) in [6.07, 6.45) is 0. The molecule has 0 fully saturated rings. The number of ether oxygens (including phenoxy) is 1. The van der Waals surface area contributed by atoms with Crippen molar-refractivity contribution in [3.63, 3.8) is 0 Å². The Morgan fingerprint density at radius 1 is 1.47 bits per heavy atom. The number of anilines is 1. The maximum Gasteiger partial charge on any atom is 0.596 e. The number of aryl methyl sites for hydroxylation is 1. The number of methoxy groups -OCH3 is 1. The Balaban J connectivity index is 3.10. The summed E-state index contributed by atoms with van der Waals surface area (Å²) in [7, 11) is 1.34. The molecule has 0 aromatic heterocycles. The van der Waals surface area contributed by atoms with E-state index in [1.54, 1.807) is 0 Å². The van der Waals surface area contributed by atoms with Crippen molar-refractivity contribution in [2.45, 2.75) is 13.0 Å². The first kappa shape index (κ1) is 14.7. The van der Waals surface area contributed by atoms with Crippen molar-refractivity contribution in [3.8, 4) is 5.75 Å². The van der Waals surface area contributed by atoms with Crippen LogP contribution in [0.3, 0.4) is 0 Å². The van der Waals surface area contributed by atoms with E-state index in [1.807, 2.05) is 0 Å². The Kier molecular flexibility index (Phi) is 3.98. The van der Waals surface area contributed by atoms with Crippen LogP contribution in [0.5, 0.6) is 5.75 Å². The predicted octanol–water partition coefficient (Wildman–Crippen LogP) is 2.09. The number of nitrogens with zero attached hydrogens (tertiary/aromatic N) is 2. The molecule has 1 amide bonds. The van der Waals surface area contributed by atoms with Crippen molar-refractivity contribution in [3.05, 3.63) is 33.9 Å². The van der Waals surface area contributed by atoms with E-state index in [1.165, 1.54) is 26.2 Å². The van der Waals surface area contributed by atoms with Gasteiger partial charge in [0, 0.05) is 0 Å². The first-order valence-corrected chi connectivity index (χ1v) is 4.89. The van der Waals surface area contributed by atoms with Crippen molar-refractivity contribution in [1.29, 1.82) is 0 Å². The van der Waals surface area contributed by atoms with Crippen molar-refractivity contribution in [1.82, 2.24) is 0 Å². The van der Waals surface area contributed by atoms with Gasteiger partial charge in [-0.3, -0.25) is 14.9 Å². The van der Waals surface area contributed by atoms with Crippen molar-refractivity contribution in [2.75, 3.05) is 12.2 Å². The molecule has 1 rings (SSSR count). The van der Waals surface area contributed by atoms with Gasteiger partial charge in [-0.15, -0.1) is 13.9 Å². The van der Waals surface area contributed by atoms with Crippen LogP contribution in [0.15, 0.2) is 18.2 Å². The lowest BCUT2D eigenvalue weighted by Crippen LogP contribution is -2.45. The fourth-order valence-corrected chi connectivity index (χ4v) is 1.28. The summed E-state index contributed by atoms with van der Waals surface area (Å²) >= 11 is 0. The van der Waals surface area contributed by atoms with E-state index in [0.29, 0.717) is 5.75 Å². The normalized spacial score (nSPS) is 11.0. The summed E-state index contributed by atoms with van der Waals surface area (Å²) in [5.74, 6) is -2.24. The molecule has 0 aliphatic carbocycles. The maximum absolute atomic E-state index is 13.5. The molecule has 0 saturated heterocycles. The molecule has 1 aromatic carbocycles. The molecular formula is C10H9F3N2O4. The van der Waals surface area contributed by atoms with Gasteiger partial charge in [-0.25, -0.2) is 0 Å². The van der Waals surface area contributed by atoms with Gasteiger partial charge in [0.2, 0.25) is 0 Å². The molecule has 6 nitrogen and oxygen atoms in total. The van der Waals surface area contributed by atoms with Gasteiger partial charge in [0.05, 0.1) is 12.8 Å². The zero-order valence-electron chi connectivity index (χ0n) is 9.89. The maximum atomic E-state index is 13.5. The third-order valence-corrected chi connectivity index (χ3v) is 2.28. The van der Waals surface area contributed by atoms with Crippen LogP contribution < -0.4 is 9.86 Å². The molecule has 0 N–H and O–H groups in total. The number of rotatable bonds is 4. The van der Waals surface area contributed by atoms with Crippen LogP contribution in [-0.2, 0) is 4.79 Å². The fourth-order valence-electron chi connectivity index (χ4n) is 1.28. The first-order valence-electron chi connectivity index (χ1n) is 4.89.